The Morgan fingerprint density at radius 1 is 1.09 bits per heavy atom. The van der Waals surface area contributed by atoms with Gasteiger partial charge < -0.3 is 10.0 Å². The van der Waals surface area contributed by atoms with Crippen molar-refractivity contribution in [3.8, 4) is 11.1 Å². The molecule has 0 spiro atoms. The Balaban J connectivity index is 2.34. The summed E-state index contributed by atoms with van der Waals surface area (Å²) in [5.74, 6) is -0.919. The molecule has 0 heterocycles. The predicted molar refractivity (Wildman–Crippen MR) is 90.6 cm³/mol. The van der Waals surface area contributed by atoms with Gasteiger partial charge in [0.2, 0.25) is 0 Å². The van der Waals surface area contributed by atoms with E-state index in [1.807, 2.05) is 37.3 Å². The highest BCUT2D eigenvalue weighted by atomic mass is 16.4. The molecule has 114 valence electrons. The van der Waals surface area contributed by atoms with Crippen LogP contribution in [0.4, 0.5) is 0 Å². The van der Waals surface area contributed by atoms with Gasteiger partial charge in [0.05, 0.1) is 0 Å². The summed E-state index contributed by atoms with van der Waals surface area (Å²) in [5, 5.41) is 8.82. The number of carboxylic acid groups (broad SMARTS) is 1. The summed E-state index contributed by atoms with van der Waals surface area (Å²) in [7, 11) is 4.11. The Labute approximate surface area is 131 Å². The van der Waals surface area contributed by atoms with Gasteiger partial charge in [-0.05, 0) is 48.8 Å². The smallest absolute Gasteiger partial charge is 0.328 e. The maximum absolute atomic E-state index is 10.7. The molecule has 0 aliphatic carbocycles. The van der Waals surface area contributed by atoms with E-state index in [-0.39, 0.29) is 0 Å². The van der Waals surface area contributed by atoms with Gasteiger partial charge in [0, 0.05) is 12.6 Å². The summed E-state index contributed by atoms with van der Waals surface area (Å²) in [6.07, 6.45) is 1.23. The van der Waals surface area contributed by atoms with E-state index in [0.29, 0.717) is 0 Å². The first-order valence-corrected chi connectivity index (χ1v) is 7.22. The standard InChI is InChI=1S/C19H21NO2/c1-14(12-19(21)22)15-8-10-16(11-9-15)18-7-5-4-6-17(18)13-20(2)3/h4-12H,13H2,1-3H3,(H,21,22)/b14-12+. The zero-order valence-electron chi connectivity index (χ0n) is 13.2. The van der Waals surface area contributed by atoms with Gasteiger partial charge in [-0.1, -0.05) is 48.5 Å². The highest BCUT2D eigenvalue weighted by Crippen LogP contribution is 2.26. The monoisotopic (exact) mass is 295 g/mol. The quantitative estimate of drug-likeness (QED) is 0.850. The molecule has 3 heteroatoms. The SMILES string of the molecule is C/C(=C\C(=O)O)c1ccc(-c2ccccc2CN(C)C)cc1. The Kier molecular flexibility index (Phi) is 5.12. The first-order chi connectivity index (χ1) is 10.5. The molecule has 0 aliphatic heterocycles. The van der Waals surface area contributed by atoms with Crippen LogP contribution < -0.4 is 0 Å². The van der Waals surface area contributed by atoms with E-state index in [1.165, 1.54) is 17.2 Å². The van der Waals surface area contributed by atoms with Crippen molar-refractivity contribution in [3.05, 3.63) is 65.7 Å². The summed E-state index contributed by atoms with van der Waals surface area (Å²) in [6.45, 7) is 2.69. The second-order valence-corrected chi connectivity index (χ2v) is 5.64. The van der Waals surface area contributed by atoms with E-state index >= 15 is 0 Å². The summed E-state index contributed by atoms with van der Waals surface area (Å²) >= 11 is 0. The van der Waals surface area contributed by atoms with E-state index in [2.05, 4.69) is 37.2 Å². The lowest BCUT2D eigenvalue weighted by molar-refractivity contribution is -0.131. The molecule has 2 aromatic rings. The highest BCUT2D eigenvalue weighted by Gasteiger charge is 2.06. The Hall–Kier alpha value is -2.39. The third kappa shape index (κ3) is 4.06. The summed E-state index contributed by atoms with van der Waals surface area (Å²) in [5.41, 5.74) is 5.31. The van der Waals surface area contributed by atoms with E-state index in [9.17, 15) is 4.79 Å². The Bertz CT molecular complexity index is 685. The predicted octanol–water partition coefficient (Wildman–Crippen LogP) is 3.90. The number of aliphatic carboxylic acids is 1. The van der Waals surface area contributed by atoms with Crippen LogP contribution in [0.25, 0.3) is 16.7 Å². The molecule has 0 unspecified atom stereocenters. The molecule has 0 aromatic heterocycles. The number of hydrogen-bond donors (Lipinski definition) is 1. The topological polar surface area (TPSA) is 40.5 Å². The molecule has 0 amide bonds. The molecule has 0 saturated carbocycles. The molecule has 2 aromatic carbocycles. The molecular formula is C19H21NO2. The first-order valence-electron chi connectivity index (χ1n) is 7.22. The molecule has 2 rings (SSSR count). The van der Waals surface area contributed by atoms with Gasteiger partial charge in [0.15, 0.2) is 0 Å². The van der Waals surface area contributed by atoms with Gasteiger partial charge in [-0.15, -0.1) is 0 Å². The number of carbonyl (C=O) groups is 1. The van der Waals surface area contributed by atoms with Crippen LogP contribution in [0.1, 0.15) is 18.1 Å². The maximum atomic E-state index is 10.7. The minimum Gasteiger partial charge on any atom is -0.478 e. The van der Waals surface area contributed by atoms with Crippen LogP contribution in [0.2, 0.25) is 0 Å². The summed E-state index contributed by atoms with van der Waals surface area (Å²) in [4.78, 5) is 12.9. The van der Waals surface area contributed by atoms with Gasteiger partial charge in [-0.3, -0.25) is 0 Å². The van der Waals surface area contributed by atoms with E-state index in [1.54, 1.807) is 0 Å². The lowest BCUT2D eigenvalue weighted by atomic mass is 9.97. The molecule has 1 N–H and O–H groups in total. The number of allylic oxidation sites excluding steroid dienone is 1. The first kappa shape index (κ1) is 16.0. The average molecular weight is 295 g/mol. The number of hydrogen-bond acceptors (Lipinski definition) is 2. The number of nitrogens with zero attached hydrogens (tertiary/aromatic N) is 1. The van der Waals surface area contributed by atoms with Crippen molar-refractivity contribution in [2.45, 2.75) is 13.5 Å². The largest absolute Gasteiger partial charge is 0.478 e. The molecule has 0 atom stereocenters. The van der Waals surface area contributed by atoms with E-state index in [0.717, 1.165) is 23.2 Å². The van der Waals surface area contributed by atoms with Crippen LogP contribution >= 0.6 is 0 Å². The fraction of sp³-hybridized carbons (Fsp3) is 0.211. The average Bonchev–Trinajstić information content (AvgIpc) is 2.47. The van der Waals surface area contributed by atoms with Crippen molar-refractivity contribution in [2.75, 3.05) is 14.1 Å². The third-order valence-electron chi connectivity index (χ3n) is 3.50. The van der Waals surface area contributed by atoms with Crippen LogP contribution in [-0.4, -0.2) is 30.1 Å². The van der Waals surface area contributed by atoms with Crippen molar-refractivity contribution in [1.82, 2.24) is 4.90 Å². The maximum Gasteiger partial charge on any atom is 0.328 e. The van der Waals surface area contributed by atoms with E-state index in [4.69, 9.17) is 5.11 Å². The fourth-order valence-corrected chi connectivity index (χ4v) is 2.46. The molecule has 0 aliphatic rings. The van der Waals surface area contributed by atoms with Gasteiger partial charge in [-0.2, -0.15) is 0 Å². The second-order valence-electron chi connectivity index (χ2n) is 5.64. The minimum absolute atomic E-state index is 0.751. The van der Waals surface area contributed by atoms with Gasteiger partial charge in [0.1, 0.15) is 0 Å². The van der Waals surface area contributed by atoms with Crippen LogP contribution in [0.15, 0.2) is 54.6 Å². The third-order valence-corrected chi connectivity index (χ3v) is 3.50. The Morgan fingerprint density at radius 3 is 2.32 bits per heavy atom. The lowest BCUT2D eigenvalue weighted by Crippen LogP contribution is -2.11. The van der Waals surface area contributed by atoms with Crippen LogP contribution in [0.3, 0.4) is 0 Å². The molecule has 0 saturated heterocycles. The van der Waals surface area contributed by atoms with Crippen molar-refractivity contribution in [1.29, 1.82) is 0 Å². The van der Waals surface area contributed by atoms with Gasteiger partial charge in [-0.25, -0.2) is 4.79 Å². The number of carboxylic acids is 1. The van der Waals surface area contributed by atoms with Crippen molar-refractivity contribution < 1.29 is 9.90 Å². The summed E-state index contributed by atoms with van der Waals surface area (Å²) < 4.78 is 0. The number of rotatable bonds is 5. The number of benzene rings is 2. The van der Waals surface area contributed by atoms with Crippen molar-refractivity contribution in [3.63, 3.8) is 0 Å². The molecule has 0 fully saturated rings. The van der Waals surface area contributed by atoms with E-state index < -0.39 is 5.97 Å². The second kappa shape index (κ2) is 7.05. The molecule has 3 nitrogen and oxygen atoms in total. The molecule has 0 radical (unpaired) electrons. The zero-order chi connectivity index (χ0) is 16.1. The minimum atomic E-state index is -0.919. The van der Waals surface area contributed by atoms with Gasteiger partial charge in [0.25, 0.3) is 0 Å². The Morgan fingerprint density at radius 2 is 1.73 bits per heavy atom. The van der Waals surface area contributed by atoms with Crippen molar-refractivity contribution >= 4 is 11.5 Å². The molecular weight excluding hydrogens is 274 g/mol. The normalized spacial score (nSPS) is 11.7. The summed E-state index contributed by atoms with van der Waals surface area (Å²) in [6, 6.07) is 16.4. The van der Waals surface area contributed by atoms with Crippen LogP contribution in [0, 0.1) is 0 Å². The lowest BCUT2D eigenvalue weighted by Gasteiger charge is -2.14. The fourth-order valence-electron chi connectivity index (χ4n) is 2.46. The van der Waals surface area contributed by atoms with Crippen LogP contribution in [-0.2, 0) is 11.3 Å². The van der Waals surface area contributed by atoms with Crippen LogP contribution in [0.5, 0.6) is 0 Å². The van der Waals surface area contributed by atoms with Gasteiger partial charge >= 0.3 is 5.97 Å². The van der Waals surface area contributed by atoms with Crippen molar-refractivity contribution in [2.24, 2.45) is 0 Å². The highest BCUT2D eigenvalue weighted by molar-refractivity contribution is 5.89. The molecule has 0 bridgehead atoms. The molecule has 22 heavy (non-hydrogen) atoms. The zero-order valence-corrected chi connectivity index (χ0v) is 13.2.